The molecule has 0 fully saturated rings. The summed E-state index contributed by atoms with van der Waals surface area (Å²) in [5.74, 6) is 0. The number of rotatable bonds is 16. The molecule has 0 spiro atoms. The molecule has 0 unspecified atom stereocenters. The molecule has 0 N–H and O–H groups in total. The number of allylic oxidation sites excluding steroid dienone is 1. The van der Waals surface area contributed by atoms with Crippen molar-refractivity contribution in [2.45, 2.75) is 109 Å². The van der Waals surface area contributed by atoms with E-state index in [1.807, 2.05) is 6.08 Å². The maximum Gasteiger partial charge on any atom is 0.389 e. The van der Waals surface area contributed by atoms with Gasteiger partial charge in [0.1, 0.15) is 0 Å². The monoisotopic (exact) mass is 320 g/mol. The minimum Gasteiger partial charge on any atom is -0.171 e. The molecule has 22 heavy (non-hydrogen) atoms. The Morgan fingerprint density at radius 1 is 0.545 bits per heavy atom. The van der Waals surface area contributed by atoms with Gasteiger partial charge >= 0.3 is 6.18 Å². The lowest BCUT2D eigenvalue weighted by molar-refractivity contribution is -0.135. The van der Waals surface area contributed by atoms with E-state index in [9.17, 15) is 13.2 Å². The second kappa shape index (κ2) is 15.4. The van der Waals surface area contributed by atoms with Crippen molar-refractivity contribution in [1.82, 2.24) is 0 Å². The van der Waals surface area contributed by atoms with Crippen molar-refractivity contribution in [3.05, 3.63) is 12.7 Å². The van der Waals surface area contributed by atoms with Gasteiger partial charge in [-0.1, -0.05) is 83.1 Å². The average Bonchev–Trinajstić information content (AvgIpc) is 2.45. The summed E-state index contributed by atoms with van der Waals surface area (Å²) in [5, 5.41) is 0. The van der Waals surface area contributed by atoms with Crippen LogP contribution in [0.2, 0.25) is 0 Å². The van der Waals surface area contributed by atoms with E-state index >= 15 is 0 Å². The van der Waals surface area contributed by atoms with Gasteiger partial charge in [0.2, 0.25) is 0 Å². The summed E-state index contributed by atoms with van der Waals surface area (Å²) in [6, 6.07) is 0. The van der Waals surface area contributed by atoms with Crippen LogP contribution >= 0.6 is 0 Å². The molecule has 0 saturated heterocycles. The number of halogens is 3. The third kappa shape index (κ3) is 19.5. The number of alkyl halides is 3. The molecule has 0 bridgehead atoms. The molecule has 0 radical (unpaired) electrons. The molecule has 0 rings (SSSR count). The van der Waals surface area contributed by atoms with Crippen LogP contribution < -0.4 is 0 Å². The zero-order chi connectivity index (χ0) is 16.5. The molecule has 0 atom stereocenters. The van der Waals surface area contributed by atoms with Crippen molar-refractivity contribution in [3.8, 4) is 0 Å². The van der Waals surface area contributed by atoms with Crippen LogP contribution in [0.3, 0.4) is 0 Å². The average molecular weight is 320 g/mol. The van der Waals surface area contributed by atoms with Crippen LogP contribution in [0, 0.1) is 0 Å². The van der Waals surface area contributed by atoms with Crippen LogP contribution in [0.1, 0.15) is 103 Å². The molecule has 0 aliphatic rings. The molecule has 0 aromatic carbocycles. The Bertz CT molecular complexity index is 233. The van der Waals surface area contributed by atoms with E-state index in [4.69, 9.17) is 0 Å². The number of hydrogen-bond acceptors (Lipinski definition) is 0. The first-order valence-corrected chi connectivity index (χ1v) is 9.24. The molecule has 0 aromatic rings. The predicted molar refractivity (Wildman–Crippen MR) is 90.1 cm³/mol. The lowest BCUT2D eigenvalue weighted by Crippen LogP contribution is -2.06. The quantitative estimate of drug-likeness (QED) is 0.200. The molecule has 0 amide bonds. The van der Waals surface area contributed by atoms with Gasteiger partial charge in [-0.15, -0.1) is 6.58 Å². The van der Waals surface area contributed by atoms with Crippen molar-refractivity contribution in [1.29, 1.82) is 0 Å². The topological polar surface area (TPSA) is 0 Å². The van der Waals surface area contributed by atoms with E-state index in [1.54, 1.807) is 0 Å². The van der Waals surface area contributed by atoms with Crippen LogP contribution in [0.25, 0.3) is 0 Å². The highest BCUT2D eigenvalue weighted by molar-refractivity contribution is 4.65. The Hall–Kier alpha value is -0.470. The van der Waals surface area contributed by atoms with Gasteiger partial charge in [-0.2, -0.15) is 13.2 Å². The fraction of sp³-hybridized carbons (Fsp3) is 0.895. The van der Waals surface area contributed by atoms with Crippen LogP contribution in [-0.2, 0) is 0 Å². The minimum absolute atomic E-state index is 0.302. The van der Waals surface area contributed by atoms with Crippen molar-refractivity contribution in [3.63, 3.8) is 0 Å². The van der Waals surface area contributed by atoms with Crippen molar-refractivity contribution >= 4 is 0 Å². The first kappa shape index (κ1) is 21.5. The molecular weight excluding hydrogens is 285 g/mol. The molecule has 0 saturated carbocycles. The third-order valence-corrected chi connectivity index (χ3v) is 4.12. The highest BCUT2D eigenvalue weighted by atomic mass is 19.4. The highest BCUT2D eigenvalue weighted by Crippen LogP contribution is 2.23. The van der Waals surface area contributed by atoms with E-state index < -0.39 is 12.6 Å². The molecule has 0 nitrogen and oxygen atoms in total. The summed E-state index contributed by atoms with van der Waals surface area (Å²) in [6.45, 7) is 3.73. The van der Waals surface area contributed by atoms with E-state index in [-0.39, 0.29) is 0 Å². The zero-order valence-corrected chi connectivity index (χ0v) is 14.2. The Balaban J connectivity index is 3.01. The van der Waals surface area contributed by atoms with Gasteiger partial charge in [-0.25, -0.2) is 0 Å². The van der Waals surface area contributed by atoms with Crippen LogP contribution in [-0.4, -0.2) is 6.18 Å². The highest BCUT2D eigenvalue weighted by Gasteiger charge is 2.25. The Kier molecular flexibility index (Phi) is 15.1. The largest absolute Gasteiger partial charge is 0.389 e. The minimum atomic E-state index is -3.97. The standard InChI is InChI=1S/C19H35F3/c1-2-3-4-5-6-7-8-9-10-11-12-13-14-15-16-17-18-19(20,21)22/h2H,1,3-18H2. The van der Waals surface area contributed by atoms with Crippen molar-refractivity contribution in [2.24, 2.45) is 0 Å². The molecule has 0 aromatic heterocycles. The first-order valence-electron chi connectivity index (χ1n) is 9.24. The molecular formula is C19H35F3. The van der Waals surface area contributed by atoms with Gasteiger partial charge in [0.05, 0.1) is 0 Å². The summed E-state index contributed by atoms with van der Waals surface area (Å²) in [5.41, 5.74) is 0. The smallest absolute Gasteiger partial charge is 0.171 e. The van der Waals surface area contributed by atoms with E-state index in [0.717, 1.165) is 25.7 Å². The molecule has 132 valence electrons. The summed E-state index contributed by atoms with van der Waals surface area (Å²) in [6.07, 6.45) is 14.7. The molecule has 0 aliphatic carbocycles. The van der Waals surface area contributed by atoms with Gasteiger partial charge in [-0.3, -0.25) is 0 Å². The Morgan fingerprint density at radius 2 is 0.864 bits per heavy atom. The Morgan fingerprint density at radius 3 is 1.18 bits per heavy atom. The zero-order valence-electron chi connectivity index (χ0n) is 14.2. The second-order valence-corrected chi connectivity index (χ2v) is 6.39. The predicted octanol–water partition coefficient (Wildman–Crippen LogP) is 7.98. The van der Waals surface area contributed by atoms with E-state index in [2.05, 4.69) is 6.58 Å². The SMILES string of the molecule is C=CCCCCCCCCCCCCCCCCC(F)(F)F. The first-order chi connectivity index (χ1) is 10.6. The normalized spacial score (nSPS) is 11.8. The van der Waals surface area contributed by atoms with Crippen molar-refractivity contribution < 1.29 is 13.2 Å². The van der Waals surface area contributed by atoms with Crippen molar-refractivity contribution in [2.75, 3.05) is 0 Å². The summed E-state index contributed by atoms with van der Waals surface area (Å²) in [4.78, 5) is 0. The van der Waals surface area contributed by atoms with Crippen LogP contribution in [0.5, 0.6) is 0 Å². The van der Waals surface area contributed by atoms with Gasteiger partial charge < -0.3 is 0 Å². The molecule has 0 aliphatic heterocycles. The fourth-order valence-corrected chi connectivity index (χ4v) is 2.74. The fourth-order valence-electron chi connectivity index (χ4n) is 2.74. The van der Waals surface area contributed by atoms with Gasteiger partial charge in [0.25, 0.3) is 0 Å². The third-order valence-electron chi connectivity index (χ3n) is 4.12. The maximum atomic E-state index is 11.9. The lowest BCUT2D eigenvalue weighted by Gasteiger charge is -2.05. The summed E-state index contributed by atoms with van der Waals surface area (Å²) >= 11 is 0. The lowest BCUT2D eigenvalue weighted by atomic mass is 10.0. The van der Waals surface area contributed by atoms with Gasteiger partial charge in [-0.05, 0) is 19.3 Å². The van der Waals surface area contributed by atoms with Gasteiger partial charge in [0, 0.05) is 6.42 Å². The summed E-state index contributed by atoms with van der Waals surface area (Å²) < 4.78 is 35.8. The number of hydrogen-bond donors (Lipinski definition) is 0. The maximum absolute atomic E-state index is 11.9. The van der Waals surface area contributed by atoms with E-state index in [1.165, 1.54) is 64.2 Å². The summed E-state index contributed by atoms with van der Waals surface area (Å²) in [7, 11) is 0. The number of unbranched alkanes of at least 4 members (excludes halogenated alkanes) is 14. The van der Waals surface area contributed by atoms with E-state index in [0.29, 0.717) is 6.42 Å². The Labute approximate surface area is 135 Å². The van der Waals surface area contributed by atoms with Crippen LogP contribution in [0.15, 0.2) is 12.7 Å². The van der Waals surface area contributed by atoms with Gasteiger partial charge in [0.15, 0.2) is 0 Å². The molecule has 0 heterocycles. The second-order valence-electron chi connectivity index (χ2n) is 6.39. The van der Waals surface area contributed by atoms with Crippen LogP contribution in [0.4, 0.5) is 13.2 Å². The molecule has 3 heteroatoms.